The summed E-state index contributed by atoms with van der Waals surface area (Å²) in [5, 5.41) is 0. The highest BCUT2D eigenvalue weighted by molar-refractivity contribution is 5.88. The zero-order valence-corrected chi connectivity index (χ0v) is 14.7. The van der Waals surface area contributed by atoms with Crippen molar-refractivity contribution in [1.82, 2.24) is 4.90 Å². The zero-order valence-electron chi connectivity index (χ0n) is 14.7. The van der Waals surface area contributed by atoms with Gasteiger partial charge in [-0.05, 0) is 34.7 Å². The Bertz CT molecular complexity index is 535. The van der Waals surface area contributed by atoms with Crippen LogP contribution in [0.3, 0.4) is 0 Å². The lowest BCUT2D eigenvalue weighted by atomic mass is 10.00. The molecule has 2 heterocycles. The van der Waals surface area contributed by atoms with Crippen LogP contribution in [-0.2, 0) is 19.1 Å². The summed E-state index contributed by atoms with van der Waals surface area (Å²) >= 11 is 0. The highest BCUT2D eigenvalue weighted by atomic mass is 16.6. The maximum atomic E-state index is 12.0. The summed E-state index contributed by atoms with van der Waals surface area (Å²) in [4.78, 5) is 26.2. The summed E-state index contributed by atoms with van der Waals surface area (Å²) in [5.41, 5.74) is 1.25. The van der Waals surface area contributed by atoms with Crippen molar-refractivity contribution in [2.75, 3.05) is 7.05 Å². The first-order valence-electron chi connectivity index (χ1n) is 8.27. The van der Waals surface area contributed by atoms with E-state index < -0.39 is 0 Å². The van der Waals surface area contributed by atoms with E-state index in [9.17, 15) is 9.59 Å². The van der Waals surface area contributed by atoms with Crippen molar-refractivity contribution in [2.24, 2.45) is 0 Å². The number of hydrogen-bond donors (Lipinski definition) is 0. The van der Waals surface area contributed by atoms with Crippen LogP contribution in [0.2, 0.25) is 0 Å². The van der Waals surface area contributed by atoms with E-state index in [1.165, 1.54) is 0 Å². The fraction of sp³-hybridized carbons (Fsp3) is 0.667. The number of nitrogens with zero attached hydrogens (tertiary/aromatic N) is 1. The van der Waals surface area contributed by atoms with E-state index in [0.29, 0.717) is 23.6 Å². The van der Waals surface area contributed by atoms with Crippen LogP contribution in [0.1, 0.15) is 47.0 Å². The van der Waals surface area contributed by atoms with E-state index in [-0.39, 0.29) is 30.2 Å². The summed E-state index contributed by atoms with van der Waals surface area (Å²) in [7, 11) is 2.06. The van der Waals surface area contributed by atoms with E-state index >= 15 is 0 Å². The number of ether oxygens (including phenoxy) is 2. The molecule has 23 heavy (non-hydrogen) atoms. The molecule has 0 unspecified atom stereocenters. The second-order valence-corrected chi connectivity index (χ2v) is 6.51. The van der Waals surface area contributed by atoms with Gasteiger partial charge < -0.3 is 9.47 Å². The maximum absolute atomic E-state index is 12.0. The largest absolute Gasteiger partial charge is 0.459 e. The Kier molecular flexibility index (Phi) is 5.63. The van der Waals surface area contributed by atoms with Gasteiger partial charge in [0.05, 0.1) is 6.04 Å². The molecule has 0 spiro atoms. The molecule has 2 aliphatic rings. The number of fused-ring (bicyclic) bond motifs is 2. The number of allylic oxidation sites excluding steroid dienone is 2. The van der Waals surface area contributed by atoms with Gasteiger partial charge in [-0.25, -0.2) is 9.59 Å². The topological polar surface area (TPSA) is 55.8 Å². The summed E-state index contributed by atoms with van der Waals surface area (Å²) in [6, 6.07) is 0.409. The molecule has 0 radical (unpaired) electrons. The monoisotopic (exact) mass is 321 g/mol. The smallest absolute Gasteiger partial charge is 0.333 e. The van der Waals surface area contributed by atoms with Crippen LogP contribution >= 0.6 is 0 Å². The lowest BCUT2D eigenvalue weighted by Crippen LogP contribution is -2.46. The molecule has 5 nitrogen and oxygen atoms in total. The molecule has 2 fully saturated rings. The first kappa shape index (κ1) is 17.7. The Morgan fingerprint density at radius 3 is 2.09 bits per heavy atom. The second kappa shape index (κ2) is 7.30. The Hall–Kier alpha value is -1.62. The number of carbonyl (C=O) groups excluding carboxylic acids is 2. The van der Waals surface area contributed by atoms with Crippen LogP contribution in [0.25, 0.3) is 0 Å². The molecule has 0 aliphatic carbocycles. The number of rotatable bonds is 4. The Morgan fingerprint density at radius 1 is 0.957 bits per heavy atom. The molecule has 2 bridgehead atoms. The van der Waals surface area contributed by atoms with Crippen molar-refractivity contribution in [3.8, 4) is 0 Å². The van der Waals surface area contributed by atoms with Crippen LogP contribution < -0.4 is 0 Å². The number of likely N-dealkylation sites (N-methyl/N-ethyl adjacent to an activating group) is 1. The molecule has 2 saturated heterocycles. The van der Waals surface area contributed by atoms with E-state index in [2.05, 4.69) is 11.9 Å². The van der Waals surface area contributed by atoms with Gasteiger partial charge in [-0.3, -0.25) is 4.90 Å². The van der Waals surface area contributed by atoms with Gasteiger partial charge in [0.15, 0.2) is 0 Å². The molecule has 0 aromatic carbocycles. The highest BCUT2D eigenvalue weighted by Crippen LogP contribution is 2.37. The molecular weight excluding hydrogens is 294 g/mol. The lowest BCUT2D eigenvalue weighted by molar-refractivity contribution is -0.151. The number of carbonyl (C=O) groups is 2. The molecule has 4 atom stereocenters. The van der Waals surface area contributed by atoms with E-state index in [4.69, 9.17) is 9.47 Å². The SMILES string of the molecule is C/C=C(\C)C(=O)O[C@@H]1C[C@@H]2C[C@@H](OC(=O)/C(C)=C/C)[C@H](C1)N2C. The normalized spacial score (nSPS) is 31.9. The lowest BCUT2D eigenvalue weighted by Gasteiger charge is -2.36. The Morgan fingerprint density at radius 2 is 1.52 bits per heavy atom. The van der Waals surface area contributed by atoms with Gasteiger partial charge >= 0.3 is 11.9 Å². The second-order valence-electron chi connectivity index (χ2n) is 6.51. The van der Waals surface area contributed by atoms with Crippen molar-refractivity contribution in [1.29, 1.82) is 0 Å². The van der Waals surface area contributed by atoms with Crippen molar-refractivity contribution < 1.29 is 19.1 Å². The number of hydrogen-bond acceptors (Lipinski definition) is 5. The standard InChI is InChI=1S/C18H27NO4/c1-6-11(3)17(20)22-14-8-13-9-16(15(10-14)19(13)5)23-18(21)12(4)7-2/h6-7,13-16H,8-10H2,1-5H3/b11-6+,12-7+/t13-,14-,15+,16-/m1/s1. The van der Waals surface area contributed by atoms with Crippen LogP contribution in [0.15, 0.2) is 23.3 Å². The van der Waals surface area contributed by atoms with Crippen molar-refractivity contribution in [2.45, 2.75) is 71.2 Å². The molecule has 0 amide bonds. The Balaban J connectivity index is 2.00. The average molecular weight is 321 g/mol. The van der Waals surface area contributed by atoms with Gasteiger partial charge in [0.25, 0.3) is 0 Å². The van der Waals surface area contributed by atoms with Crippen molar-refractivity contribution >= 4 is 11.9 Å². The molecule has 2 rings (SSSR count). The summed E-state index contributed by atoms with van der Waals surface area (Å²) in [6.07, 6.45) is 5.61. The fourth-order valence-corrected chi connectivity index (χ4v) is 3.31. The molecule has 5 heteroatoms. The third-order valence-corrected chi connectivity index (χ3v) is 5.11. The molecule has 0 saturated carbocycles. The van der Waals surface area contributed by atoms with E-state index in [1.807, 2.05) is 13.8 Å². The molecule has 128 valence electrons. The summed E-state index contributed by atoms with van der Waals surface area (Å²) in [5.74, 6) is -0.503. The average Bonchev–Trinajstić information content (AvgIpc) is 2.72. The van der Waals surface area contributed by atoms with Gasteiger partial charge in [0.2, 0.25) is 0 Å². The maximum Gasteiger partial charge on any atom is 0.333 e. The minimum atomic E-state index is -0.253. The van der Waals surface area contributed by atoms with Crippen LogP contribution in [0, 0.1) is 0 Å². The molecule has 2 aliphatic heterocycles. The predicted molar refractivity (Wildman–Crippen MR) is 87.8 cm³/mol. The van der Waals surface area contributed by atoms with Crippen molar-refractivity contribution in [3.63, 3.8) is 0 Å². The Labute approximate surface area is 138 Å². The van der Waals surface area contributed by atoms with Gasteiger partial charge in [-0.2, -0.15) is 0 Å². The number of piperidine rings is 1. The third-order valence-electron chi connectivity index (χ3n) is 5.11. The van der Waals surface area contributed by atoms with Gasteiger partial charge in [0.1, 0.15) is 12.2 Å². The van der Waals surface area contributed by atoms with Gasteiger partial charge in [0, 0.05) is 36.5 Å². The molecule has 0 N–H and O–H groups in total. The number of esters is 2. The fourth-order valence-electron chi connectivity index (χ4n) is 3.31. The van der Waals surface area contributed by atoms with E-state index in [0.717, 1.165) is 12.8 Å². The van der Waals surface area contributed by atoms with Crippen LogP contribution in [-0.4, -0.2) is 48.2 Å². The van der Waals surface area contributed by atoms with Crippen molar-refractivity contribution in [3.05, 3.63) is 23.3 Å². The minimum absolute atomic E-state index is 0.102. The third kappa shape index (κ3) is 3.83. The highest BCUT2D eigenvalue weighted by Gasteiger charge is 2.47. The van der Waals surface area contributed by atoms with Crippen LogP contribution in [0.4, 0.5) is 0 Å². The van der Waals surface area contributed by atoms with Crippen LogP contribution in [0.5, 0.6) is 0 Å². The first-order chi connectivity index (χ1) is 10.9. The predicted octanol–water partition coefficient (Wildman–Crippen LogP) is 2.61. The quantitative estimate of drug-likeness (QED) is 0.588. The molecule has 0 aromatic heterocycles. The minimum Gasteiger partial charge on any atom is -0.459 e. The van der Waals surface area contributed by atoms with Gasteiger partial charge in [-0.15, -0.1) is 0 Å². The molecular formula is C18H27NO4. The summed E-state index contributed by atoms with van der Waals surface area (Å²) in [6.45, 7) is 7.18. The molecule has 0 aromatic rings. The van der Waals surface area contributed by atoms with E-state index in [1.54, 1.807) is 26.0 Å². The first-order valence-corrected chi connectivity index (χ1v) is 8.27. The summed E-state index contributed by atoms with van der Waals surface area (Å²) < 4.78 is 11.3. The zero-order chi connectivity index (χ0) is 17.1. The van der Waals surface area contributed by atoms with Gasteiger partial charge in [-0.1, -0.05) is 12.2 Å².